The number of hydrogen-bond donors (Lipinski definition) is 1. The largest absolute Gasteiger partial charge is 0.478 e. The Hall–Kier alpha value is -1.07. The summed E-state index contributed by atoms with van der Waals surface area (Å²) in [7, 11) is 0. The molecule has 1 aromatic carbocycles. The molecular formula is C11H10O3S2. The van der Waals surface area contributed by atoms with E-state index in [-0.39, 0.29) is 0 Å². The van der Waals surface area contributed by atoms with Crippen molar-refractivity contribution in [1.29, 1.82) is 0 Å². The van der Waals surface area contributed by atoms with Crippen molar-refractivity contribution in [3.63, 3.8) is 0 Å². The lowest BCUT2D eigenvalue weighted by Gasteiger charge is -2.15. The van der Waals surface area contributed by atoms with Crippen LogP contribution in [0.3, 0.4) is 0 Å². The number of carboxylic acids is 1. The minimum absolute atomic E-state index is 0.577. The number of carboxylic acid groups (broad SMARTS) is 1. The molecule has 1 N–H and O–H groups in total. The van der Waals surface area contributed by atoms with Gasteiger partial charge in [0.15, 0.2) is 0 Å². The van der Waals surface area contributed by atoms with Crippen LogP contribution >= 0.6 is 23.5 Å². The Morgan fingerprint density at radius 3 is 2.69 bits per heavy atom. The molecule has 1 aliphatic heterocycles. The number of carbonyl (C=O) groups is 1. The van der Waals surface area contributed by atoms with Gasteiger partial charge in [0.2, 0.25) is 6.10 Å². The van der Waals surface area contributed by atoms with E-state index in [4.69, 9.17) is 9.84 Å². The fraction of sp³-hybridized carbons (Fsp3) is 0.182. The number of benzene rings is 1. The highest BCUT2D eigenvalue weighted by Gasteiger charge is 2.27. The highest BCUT2D eigenvalue weighted by atomic mass is 32.2. The van der Waals surface area contributed by atoms with E-state index < -0.39 is 12.1 Å². The molecule has 84 valence electrons. The Kier molecular flexibility index (Phi) is 3.79. The molecule has 3 nitrogen and oxygen atoms in total. The summed E-state index contributed by atoms with van der Waals surface area (Å²) in [5.74, 6) is -0.376. The molecule has 0 spiro atoms. The van der Waals surface area contributed by atoms with E-state index in [0.29, 0.717) is 5.75 Å². The second-order valence-corrected chi connectivity index (χ2v) is 5.37. The van der Waals surface area contributed by atoms with E-state index in [1.54, 1.807) is 23.9 Å². The Morgan fingerprint density at radius 2 is 2.12 bits per heavy atom. The summed E-state index contributed by atoms with van der Waals surface area (Å²) >= 11 is 3.11. The van der Waals surface area contributed by atoms with Gasteiger partial charge >= 0.3 is 5.97 Å². The number of aliphatic carboxylic acids is 1. The molecule has 0 radical (unpaired) electrons. The zero-order valence-electron chi connectivity index (χ0n) is 8.33. The van der Waals surface area contributed by atoms with Gasteiger partial charge in [-0.15, -0.1) is 23.5 Å². The molecule has 1 aliphatic rings. The molecule has 0 bridgehead atoms. The molecule has 0 fully saturated rings. The van der Waals surface area contributed by atoms with Crippen LogP contribution in [0.2, 0.25) is 0 Å². The Labute approximate surface area is 102 Å². The van der Waals surface area contributed by atoms with Crippen LogP contribution in [0.4, 0.5) is 0 Å². The van der Waals surface area contributed by atoms with Crippen molar-refractivity contribution in [3.8, 4) is 5.75 Å². The average Bonchev–Trinajstić information content (AvgIpc) is 2.80. The van der Waals surface area contributed by atoms with Crippen molar-refractivity contribution in [1.82, 2.24) is 0 Å². The molecule has 5 heteroatoms. The summed E-state index contributed by atoms with van der Waals surface area (Å²) in [4.78, 5) is 11.9. The standard InChI is InChI=1S/C11H10O3S2/c12-11(13)10(9-6-15-7-16-9)14-8-4-2-1-3-5-8/h1-6,10H,7H2,(H,12,13). The lowest BCUT2D eigenvalue weighted by atomic mass is 10.3. The maximum Gasteiger partial charge on any atom is 0.350 e. The van der Waals surface area contributed by atoms with Crippen LogP contribution in [-0.4, -0.2) is 22.3 Å². The normalized spacial score (nSPS) is 16.6. The molecule has 16 heavy (non-hydrogen) atoms. The summed E-state index contributed by atoms with van der Waals surface area (Å²) in [6.07, 6.45) is -0.887. The number of para-hydroxylation sites is 1. The summed E-state index contributed by atoms with van der Waals surface area (Å²) in [5, 5.41) is 11.8. The Balaban J connectivity index is 2.12. The van der Waals surface area contributed by atoms with E-state index in [1.165, 1.54) is 11.8 Å². The molecule has 1 unspecified atom stereocenters. The van der Waals surface area contributed by atoms with Crippen LogP contribution < -0.4 is 4.74 Å². The molecule has 1 heterocycles. The first kappa shape index (κ1) is 11.4. The molecule has 0 saturated carbocycles. The lowest BCUT2D eigenvalue weighted by molar-refractivity contribution is -0.142. The molecule has 0 amide bonds. The minimum atomic E-state index is -0.954. The van der Waals surface area contributed by atoms with Crippen molar-refractivity contribution in [2.45, 2.75) is 6.10 Å². The smallest absolute Gasteiger partial charge is 0.350 e. The molecule has 1 aromatic rings. The number of hydrogen-bond acceptors (Lipinski definition) is 4. The summed E-state index contributed by atoms with van der Waals surface area (Å²) in [5.41, 5.74) is 0. The second kappa shape index (κ2) is 5.32. The van der Waals surface area contributed by atoms with Gasteiger partial charge in [-0.25, -0.2) is 4.79 Å². The van der Waals surface area contributed by atoms with Gasteiger partial charge in [0.05, 0.1) is 0 Å². The van der Waals surface area contributed by atoms with Crippen LogP contribution in [0.5, 0.6) is 5.75 Å². The first-order valence-corrected chi connectivity index (χ1v) is 6.70. The fourth-order valence-electron chi connectivity index (χ4n) is 1.26. The van der Waals surface area contributed by atoms with Crippen LogP contribution in [0.1, 0.15) is 0 Å². The average molecular weight is 254 g/mol. The highest BCUT2D eigenvalue weighted by Crippen LogP contribution is 2.35. The SMILES string of the molecule is O=C(O)C(Oc1ccccc1)C1=CSCS1. The zero-order valence-corrected chi connectivity index (χ0v) is 9.96. The Bertz CT molecular complexity index is 403. The van der Waals surface area contributed by atoms with Crippen LogP contribution in [-0.2, 0) is 4.79 Å². The fourth-order valence-corrected chi connectivity index (χ4v) is 3.41. The molecule has 0 saturated heterocycles. The van der Waals surface area contributed by atoms with E-state index in [0.717, 1.165) is 9.99 Å². The lowest BCUT2D eigenvalue weighted by Crippen LogP contribution is -2.27. The predicted molar refractivity (Wildman–Crippen MR) is 66.6 cm³/mol. The number of thioether (sulfide) groups is 2. The summed E-state index contributed by atoms with van der Waals surface area (Å²) in [6, 6.07) is 9.01. The second-order valence-electron chi connectivity index (χ2n) is 3.10. The monoisotopic (exact) mass is 254 g/mol. The molecule has 2 rings (SSSR count). The van der Waals surface area contributed by atoms with Crippen molar-refractivity contribution >= 4 is 29.5 Å². The third-order valence-electron chi connectivity index (χ3n) is 1.97. The van der Waals surface area contributed by atoms with Gasteiger partial charge in [0, 0.05) is 9.99 Å². The van der Waals surface area contributed by atoms with Crippen molar-refractivity contribution in [3.05, 3.63) is 40.6 Å². The van der Waals surface area contributed by atoms with E-state index in [2.05, 4.69) is 0 Å². The molecule has 1 atom stereocenters. The Morgan fingerprint density at radius 1 is 1.38 bits per heavy atom. The van der Waals surface area contributed by atoms with Crippen LogP contribution in [0.25, 0.3) is 0 Å². The number of rotatable bonds is 4. The van der Waals surface area contributed by atoms with Gasteiger partial charge < -0.3 is 9.84 Å². The van der Waals surface area contributed by atoms with Gasteiger partial charge in [-0.1, -0.05) is 18.2 Å². The summed E-state index contributed by atoms with van der Waals surface area (Å²) in [6.45, 7) is 0. The van der Waals surface area contributed by atoms with E-state index in [1.807, 2.05) is 23.6 Å². The minimum Gasteiger partial charge on any atom is -0.478 e. The maximum atomic E-state index is 11.1. The third kappa shape index (κ3) is 2.74. The third-order valence-corrected chi connectivity index (χ3v) is 4.22. The topological polar surface area (TPSA) is 46.5 Å². The number of ether oxygens (including phenoxy) is 1. The first-order chi connectivity index (χ1) is 7.77. The maximum absolute atomic E-state index is 11.1. The van der Waals surface area contributed by atoms with Gasteiger partial charge in [-0.05, 0) is 17.5 Å². The molecule has 0 aromatic heterocycles. The van der Waals surface area contributed by atoms with Crippen LogP contribution in [0, 0.1) is 0 Å². The van der Waals surface area contributed by atoms with Crippen molar-refractivity contribution in [2.24, 2.45) is 0 Å². The van der Waals surface area contributed by atoms with Crippen LogP contribution in [0.15, 0.2) is 40.6 Å². The first-order valence-electron chi connectivity index (χ1n) is 4.66. The summed E-state index contributed by atoms with van der Waals surface area (Å²) < 4.78 is 5.46. The van der Waals surface area contributed by atoms with Gasteiger partial charge in [-0.3, -0.25) is 0 Å². The van der Waals surface area contributed by atoms with Gasteiger partial charge in [-0.2, -0.15) is 0 Å². The highest BCUT2D eigenvalue weighted by molar-refractivity contribution is 8.22. The van der Waals surface area contributed by atoms with Crippen molar-refractivity contribution in [2.75, 3.05) is 5.08 Å². The quantitative estimate of drug-likeness (QED) is 0.895. The van der Waals surface area contributed by atoms with E-state index in [9.17, 15) is 4.79 Å². The molecule has 0 aliphatic carbocycles. The molecular weight excluding hydrogens is 244 g/mol. The van der Waals surface area contributed by atoms with E-state index >= 15 is 0 Å². The van der Waals surface area contributed by atoms with Gasteiger partial charge in [0.25, 0.3) is 0 Å². The predicted octanol–water partition coefficient (Wildman–Crippen LogP) is 2.80. The van der Waals surface area contributed by atoms with Gasteiger partial charge in [0.1, 0.15) is 5.75 Å². The van der Waals surface area contributed by atoms with Crippen molar-refractivity contribution < 1.29 is 14.6 Å². The zero-order chi connectivity index (χ0) is 11.4.